The van der Waals surface area contributed by atoms with Crippen LogP contribution in [0.2, 0.25) is 0 Å². The Labute approximate surface area is 515 Å². The molecule has 18 rings (SSSR count). The zero-order chi connectivity index (χ0) is 58.5. The van der Waals surface area contributed by atoms with Gasteiger partial charge in [0.1, 0.15) is 6.33 Å². The summed E-state index contributed by atoms with van der Waals surface area (Å²) in [6.07, 6.45) is 1.73. The minimum Gasteiger partial charge on any atom is -0.311 e. The highest BCUT2D eigenvalue weighted by Gasteiger charge is 2.45. The Morgan fingerprint density at radius 1 is 0.247 bits per heavy atom. The molecule has 3 aromatic heterocycles. The van der Waals surface area contributed by atoms with E-state index < -0.39 is 0 Å². The van der Waals surface area contributed by atoms with Gasteiger partial charge in [-0.2, -0.15) is 0 Å². The minimum absolute atomic E-state index is 0.256. The van der Waals surface area contributed by atoms with E-state index in [0.717, 1.165) is 90.3 Å². The highest BCUT2D eigenvalue weighted by Crippen LogP contribution is 2.50. The van der Waals surface area contributed by atoms with Gasteiger partial charge in [-0.15, -0.1) is 0 Å². The summed E-state index contributed by atoms with van der Waals surface area (Å²) in [5.74, 6) is 0. The van der Waals surface area contributed by atoms with E-state index in [4.69, 9.17) is 9.97 Å². The van der Waals surface area contributed by atoms with Crippen molar-refractivity contribution in [2.24, 2.45) is 0 Å². The average molecular weight is 1130 g/mol. The predicted octanol–water partition coefficient (Wildman–Crippen LogP) is 19.1. The largest absolute Gasteiger partial charge is 0.311 e. The fourth-order valence-electron chi connectivity index (χ4n) is 14.5. The number of aromatic nitrogens is 4. The van der Waals surface area contributed by atoms with Crippen LogP contribution in [-0.4, -0.2) is 25.8 Å². The molecule has 0 saturated carbocycles. The van der Waals surface area contributed by atoms with E-state index in [9.17, 15) is 0 Å². The minimum atomic E-state index is -0.256. The lowest BCUT2D eigenvalue weighted by Gasteiger charge is -2.45. The first-order valence-corrected chi connectivity index (χ1v) is 30.5. The lowest BCUT2D eigenvalue weighted by Crippen LogP contribution is -2.61. The van der Waals surface area contributed by atoms with Gasteiger partial charge < -0.3 is 18.9 Å². The van der Waals surface area contributed by atoms with Crippen molar-refractivity contribution in [2.45, 2.75) is 0 Å². The number of rotatable bonds is 9. The topological polar surface area (TPSA) is 42.1 Å². The molecule has 0 atom stereocenters. The summed E-state index contributed by atoms with van der Waals surface area (Å²) in [4.78, 5) is 15.5. The molecule has 0 fully saturated rings. The molecule has 13 aromatic carbocycles. The molecule has 16 aromatic rings. The van der Waals surface area contributed by atoms with Crippen molar-refractivity contribution in [2.75, 3.05) is 9.80 Å². The van der Waals surface area contributed by atoms with Crippen LogP contribution in [0.3, 0.4) is 0 Å². The maximum absolute atomic E-state index is 5.22. The molecule has 0 bridgehead atoms. The zero-order valence-corrected chi connectivity index (χ0v) is 48.4. The summed E-state index contributed by atoms with van der Waals surface area (Å²) in [5, 5.41) is 4.90. The second-order valence-corrected chi connectivity index (χ2v) is 23.3. The molecule has 2 aliphatic heterocycles. The lowest BCUT2D eigenvalue weighted by molar-refractivity contribution is 1.17. The summed E-state index contributed by atoms with van der Waals surface area (Å²) in [7, 11) is 0. The maximum atomic E-state index is 5.22. The van der Waals surface area contributed by atoms with Gasteiger partial charge in [-0.25, -0.2) is 9.97 Å². The van der Waals surface area contributed by atoms with Crippen molar-refractivity contribution in [1.29, 1.82) is 0 Å². The van der Waals surface area contributed by atoms with Gasteiger partial charge in [0.05, 0.1) is 33.5 Å². The van der Waals surface area contributed by atoms with E-state index in [1.54, 1.807) is 6.33 Å². The number of hydrogen-bond acceptors (Lipinski definition) is 4. The number of fused-ring (bicyclic) bond motifs is 10. The van der Waals surface area contributed by atoms with Gasteiger partial charge in [-0.1, -0.05) is 218 Å². The monoisotopic (exact) mass is 1130 g/mol. The van der Waals surface area contributed by atoms with Gasteiger partial charge in [-0.3, -0.25) is 0 Å². The molecule has 7 heteroatoms. The van der Waals surface area contributed by atoms with Crippen LogP contribution >= 0.6 is 0 Å². The number of benzene rings is 13. The fourth-order valence-corrected chi connectivity index (χ4v) is 14.5. The molecule has 89 heavy (non-hydrogen) atoms. The van der Waals surface area contributed by atoms with Crippen LogP contribution < -0.4 is 26.2 Å². The first-order valence-electron chi connectivity index (χ1n) is 30.5. The smallest absolute Gasteiger partial charge is 0.252 e. The third-order valence-electron chi connectivity index (χ3n) is 18.4. The second-order valence-electron chi connectivity index (χ2n) is 23.3. The van der Waals surface area contributed by atoms with E-state index in [-0.39, 0.29) is 6.71 Å². The number of anilines is 6. The number of nitrogens with zero attached hydrogens (tertiary/aromatic N) is 6. The summed E-state index contributed by atoms with van der Waals surface area (Å²) >= 11 is 0. The molecule has 0 spiro atoms. The number of para-hydroxylation sites is 4. The summed E-state index contributed by atoms with van der Waals surface area (Å²) in [6, 6.07) is 116. The summed E-state index contributed by atoms with van der Waals surface area (Å²) in [6.45, 7) is -0.256. The standard InChI is InChI=1S/C82H53BN6/c1-5-21-54(22-6-1)56-37-41-61(42-38-56)86-75-47-45-63(88-71-33-17-13-29-65(71)66-30-14-18-34-72(66)88)51-69(75)83-70-52-64(89-73-35-19-15-31-67(73)68-32-16-20-36-74(68)89)46-48-76(70)87(62-43-39-57(40-44-62)55-23-7-2-8-24-55)78-50-60(49-77(86)80(78)83)79-81(58-25-9-3-10-26-58)84-53-85-82(79)59-27-11-4-12-28-59/h1-53H. The zero-order valence-electron chi connectivity index (χ0n) is 48.4. The van der Waals surface area contributed by atoms with E-state index in [1.807, 2.05) is 0 Å². The quantitative estimate of drug-likeness (QED) is 0.135. The maximum Gasteiger partial charge on any atom is 0.252 e. The normalized spacial score (nSPS) is 12.4. The molecule has 0 saturated heterocycles. The van der Waals surface area contributed by atoms with Crippen LogP contribution in [0.5, 0.6) is 0 Å². The van der Waals surface area contributed by atoms with Crippen LogP contribution in [0.25, 0.3) is 111 Å². The molecular weight excluding hydrogens is 1080 g/mol. The van der Waals surface area contributed by atoms with Gasteiger partial charge in [0, 0.05) is 83.7 Å². The molecule has 0 N–H and O–H groups in total. The highest BCUT2D eigenvalue weighted by molar-refractivity contribution is 7.00. The van der Waals surface area contributed by atoms with Gasteiger partial charge in [0.2, 0.25) is 0 Å². The van der Waals surface area contributed by atoms with E-state index >= 15 is 0 Å². The van der Waals surface area contributed by atoms with E-state index in [1.165, 1.54) is 71.1 Å². The van der Waals surface area contributed by atoms with Crippen LogP contribution in [0, 0.1) is 0 Å². The van der Waals surface area contributed by atoms with Gasteiger partial charge >= 0.3 is 0 Å². The first kappa shape index (κ1) is 50.5. The highest BCUT2D eigenvalue weighted by atomic mass is 15.2. The SMILES string of the molecule is c1ccc(-c2ccc(N3c4ccc(-n5c6ccccc6c6ccccc65)cc4B4c5cc(-n6c7ccccc7c7ccccc76)ccc5N(c5ccc(-c6ccccc6)cc5)c5cc(-c6c(-c7ccccc7)ncnc6-c6ccccc6)cc3c54)cc2)cc1. The van der Waals surface area contributed by atoms with Crippen LogP contribution in [0.15, 0.2) is 322 Å². The Morgan fingerprint density at radius 2 is 0.562 bits per heavy atom. The molecule has 2 aliphatic rings. The molecule has 5 heterocycles. The molecule has 0 amide bonds. The van der Waals surface area contributed by atoms with Crippen molar-refractivity contribution in [3.8, 4) is 67.3 Å². The third kappa shape index (κ3) is 8.06. The predicted molar refractivity (Wildman–Crippen MR) is 372 cm³/mol. The Bertz CT molecular complexity index is 4990. The van der Waals surface area contributed by atoms with Crippen molar-refractivity contribution >= 4 is 101 Å². The Morgan fingerprint density at radius 3 is 0.933 bits per heavy atom. The van der Waals surface area contributed by atoms with Crippen LogP contribution in [-0.2, 0) is 0 Å². The van der Waals surface area contributed by atoms with Crippen molar-refractivity contribution in [3.05, 3.63) is 322 Å². The van der Waals surface area contributed by atoms with Crippen LogP contribution in [0.1, 0.15) is 0 Å². The van der Waals surface area contributed by atoms with E-state index in [0.29, 0.717) is 0 Å². The molecular formula is C82H53BN6. The van der Waals surface area contributed by atoms with Crippen molar-refractivity contribution in [1.82, 2.24) is 19.1 Å². The Balaban J connectivity index is 0.976. The summed E-state index contributed by atoms with van der Waals surface area (Å²) in [5.41, 5.74) is 27.3. The van der Waals surface area contributed by atoms with Gasteiger partial charge in [0.25, 0.3) is 6.71 Å². The first-order chi connectivity index (χ1) is 44.2. The molecule has 0 aliphatic carbocycles. The molecule has 0 radical (unpaired) electrons. The van der Waals surface area contributed by atoms with Crippen molar-refractivity contribution < 1.29 is 0 Å². The Kier molecular flexibility index (Phi) is 11.6. The van der Waals surface area contributed by atoms with Gasteiger partial charge in [-0.05, 0) is 141 Å². The summed E-state index contributed by atoms with van der Waals surface area (Å²) < 4.78 is 4.93. The van der Waals surface area contributed by atoms with Crippen LogP contribution in [0.4, 0.5) is 34.1 Å². The molecule has 0 unspecified atom stereocenters. The lowest BCUT2D eigenvalue weighted by atomic mass is 9.33. The second kappa shape index (κ2) is 20.4. The fraction of sp³-hybridized carbons (Fsp3) is 0. The Hall–Kier alpha value is -11.8. The average Bonchev–Trinajstić information content (AvgIpc) is 0.894. The van der Waals surface area contributed by atoms with E-state index in [2.05, 4.69) is 334 Å². The van der Waals surface area contributed by atoms with Crippen molar-refractivity contribution in [3.63, 3.8) is 0 Å². The molecule has 414 valence electrons. The number of hydrogen-bond donors (Lipinski definition) is 0. The third-order valence-corrected chi connectivity index (χ3v) is 18.4. The van der Waals surface area contributed by atoms with Gasteiger partial charge in [0.15, 0.2) is 0 Å². The molecule has 6 nitrogen and oxygen atoms in total.